The van der Waals surface area contributed by atoms with Gasteiger partial charge in [-0.1, -0.05) is 29.8 Å². The van der Waals surface area contributed by atoms with E-state index >= 15 is 0 Å². The van der Waals surface area contributed by atoms with E-state index in [0.29, 0.717) is 17.0 Å². The van der Waals surface area contributed by atoms with Gasteiger partial charge in [0.05, 0.1) is 0 Å². The Morgan fingerprint density at radius 2 is 2.00 bits per heavy atom. The molecule has 70 valence electrons. The molecule has 1 unspecified atom stereocenters. The Morgan fingerprint density at radius 3 is 2.46 bits per heavy atom. The Balaban J connectivity index is 2.93. The highest BCUT2D eigenvalue weighted by atomic mass is 35.5. The van der Waals surface area contributed by atoms with Crippen LogP contribution in [0.15, 0.2) is 36.9 Å². The van der Waals surface area contributed by atoms with Gasteiger partial charge in [-0.25, -0.2) is 4.39 Å². The lowest BCUT2D eigenvalue weighted by Crippen LogP contribution is -2.13. The van der Waals surface area contributed by atoms with E-state index in [0.717, 1.165) is 0 Å². The molecule has 0 aliphatic heterocycles. The molecule has 13 heavy (non-hydrogen) atoms. The number of hydrogen-bond donors (Lipinski definition) is 0. The summed E-state index contributed by atoms with van der Waals surface area (Å²) in [6.45, 7) is 5.06. The second-order valence-electron chi connectivity index (χ2n) is 3.20. The van der Waals surface area contributed by atoms with Gasteiger partial charge < -0.3 is 0 Å². The van der Waals surface area contributed by atoms with Crippen molar-refractivity contribution in [1.29, 1.82) is 0 Å². The van der Waals surface area contributed by atoms with Crippen LogP contribution in [0.2, 0.25) is 5.02 Å². The standard InChI is InChI=1S/C11H12ClF/c1-3-8-11(2,13)9-4-6-10(12)7-5-9/h3-7H,1,8H2,2H3. The van der Waals surface area contributed by atoms with Crippen molar-refractivity contribution in [3.8, 4) is 0 Å². The zero-order valence-electron chi connectivity index (χ0n) is 7.56. The van der Waals surface area contributed by atoms with Crippen molar-refractivity contribution in [2.24, 2.45) is 0 Å². The summed E-state index contributed by atoms with van der Waals surface area (Å²) in [5.74, 6) is 0. The predicted octanol–water partition coefficient (Wildman–Crippen LogP) is 4.10. The monoisotopic (exact) mass is 198 g/mol. The Morgan fingerprint density at radius 1 is 1.46 bits per heavy atom. The van der Waals surface area contributed by atoms with Crippen molar-refractivity contribution in [1.82, 2.24) is 0 Å². The van der Waals surface area contributed by atoms with Crippen LogP contribution in [0.3, 0.4) is 0 Å². The van der Waals surface area contributed by atoms with Crippen LogP contribution >= 0.6 is 11.6 Å². The Bertz CT molecular complexity index is 287. The third kappa shape index (κ3) is 2.56. The predicted molar refractivity (Wildman–Crippen MR) is 54.7 cm³/mol. The molecule has 0 aliphatic rings. The van der Waals surface area contributed by atoms with Gasteiger partial charge in [-0.2, -0.15) is 0 Å². The summed E-state index contributed by atoms with van der Waals surface area (Å²) in [7, 11) is 0. The Hall–Kier alpha value is -0.820. The molecule has 0 radical (unpaired) electrons. The van der Waals surface area contributed by atoms with E-state index in [4.69, 9.17) is 11.6 Å². The molecule has 0 aromatic heterocycles. The van der Waals surface area contributed by atoms with Crippen LogP contribution in [0, 0.1) is 0 Å². The lowest BCUT2D eigenvalue weighted by Gasteiger charge is -2.18. The third-order valence-electron chi connectivity index (χ3n) is 1.97. The normalized spacial score (nSPS) is 15.0. The summed E-state index contributed by atoms with van der Waals surface area (Å²) >= 11 is 5.70. The van der Waals surface area contributed by atoms with E-state index < -0.39 is 5.67 Å². The number of allylic oxidation sites excluding steroid dienone is 1. The van der Waals surface area contributed by atoms with Crippen LogP contribution < -0.4 is 0 Å². The molecule has 1 atom stereocenters. The van der Waals surface area contributed by atoms with Crippen LogP contribution in [0.5, 0.6) is 0 Å². The van der Waals surface area contributed by atoms with E-state index in [1.807, 2.05) is 0 Å². The Kier molecular flexibility index (Phi) is 3.10. The summed E-state index contributed by atoms with van der Waals surface area (Å²) in [6, 6.07) is 6.79. The Labute approximate surface area is 83.0 Å². The first-order valence-electron chi connectivity index (χ1n) is 4.12. The fourth-order valence-electron chi connectivity index (χ4n) is 1.19. The van der Waals surface area contributed by atoms with Gasteiger partial charge in [0.15, 0.2) is 0 Å². The van der Waals surface area contributed by atoms with E-state index in [2.05, 4.69) is 6.58 Å². The molecule has 2 heteroatoms. The first kappa shape index (κ1) is 10.3. The van der Waals surface area contributed by atoms with E-state index in [1.54, 1.807) is 30.3 Å². The summed E-state index contributed by atoms with van der Waals surface area (Å²) in [5.41, 5.74) is -0.705. The number of hydrogen-bond acceptors (Lipinski definition) is 0. The van der Waals surface area contributed by atoms with Gasteiger partial charge in [-0.05, 0) is 24.6 Å². The SMILES string of the molecule is C=CCC(C)(F)c1ccc(Cl)cc1. The molecule has 1 rings (SSSR count). The fraction of sp³-hybridized carbons (Fsp3) is 0.273. The minimum Gasteiger partial charge on any atom is -0.239 e. The van der Waals surface area contributed by atoms with Gasteiger partial charge in [0.2, 0.25) is 0 Å². The summed E-state index contributed by atoms with van der Waals surface area (Å²) in [5, 5.41) is 0.623. The fourth-order valence-corrected chi connectivity index (χ4v) is 1.31. The van der Waals surface area contributed by atoms with Gasteiger partial charge in [0, 0.05) is 11.4 Å². The molecule has 0 saturated carbocycles. The first-order chi connectivity index (χ1) is 6.06. The van der Waals surface area contributed by atoms with Crippen molar-refractivity contribution in [2.45, 2.75) is 19.0 Å². The molecule has 1 aromatic rings. The molecule has 1 aromatic carbocycles. The average molecular weight is 199 g/mol. The van der Waals surface area contributed by atoms with Crippen LogP contribution in [0.4, 0.5) is 4.39 Å². The first-order valence-corrected chi connectivity index (χ1v) is 4.50. The van der Waals surface area contributed by atoms with Gasteiger partial charge in [0.25, 0.3) is 0 Å². The van der Waals surface area contributed by atoms with Crippen LogP contribution in [0.25, 0.3) is 0 Å². The van der Waals surface area contributed by atoms with Crippen molar-refractivity contribution in [3.63, 3.8) is 0 Å². The number of benzene rings is 1. The second-order valence-corrected chi connectivity index (χ2v) is 3.63. The molecule has 0 saturated heterocycles. The van der Waals surface area contributed by atoms with Crippen molar-refractivity contribution >= 4 is 11.6 Å². The zero-order chi connectivity index (χ0) is 9.90. The lowest BCUT2D eigenvalue weighted by molar-refractivity contribution is 0.196. The van der Waals surface area contributed by atoms with E-state index in [1.165, 1.54) is 6.92 Å². The molecule has 0 amide bonds. The third-order valence-corrected chi connectivity index (χ3v) is 2.23. The average Bonchev–Trinajstić information content (AvgIpc) is 2.05. The summed E-state index contributed by atoms with van der Waals surface area (Å²) in [6.07, 6.45) is 1.89. The van der Waals surface area contributed by atoms with Gasteiger partial charge in [0.1, 0.15) is 5.67 Å². The largest absolute Gasteiger partial charge is 0.239 e. The number of halogens is 2. The highest BCUT2D eigenvalue weighted by Gasteiger charge is 2.23. The highest BCUT2D eigenvalue weighted by Crippen LogP contribution is 2.30. The van der Waals surface area contributed by atoms with Crippen LogP contribution in [-0.2, 0) is 5.67 Å². The zero-order valence-corrected chi connectivity index (χ0v) is 8.31. The van der Waals surface area contributed by atoms with Crippen molar-refractivity contribution in [2.75, 3.05) is 0 Å². The quantitative estimate of drug-likeness (QED) is 0.642. The minimum absolute atomic E-state index is 0.314. The van der Waals surface area contributed by atoms with Crippen molar-refractivity contribution in [3.05, 3.63) is 47.5 Å². The topological polar surface area (TPSA) is 0 Å². The maximum Gasteiger partial charge on any atom is 0.136 e. The van der Waals surface area contributed by atoms with E-state index in [-0.39, 0.29) is 0 Å². The minimum atomic E-state index is -1.34. The smallest absolute Gasteiger partial charge is 0.136 e. The molecule has 0 spiro atoms. The number of rotatable bonds is 3. The summed E-state index contributed by atoms with van der Waals surface area (Å²) < 4.78 is 13.8. The summed E-state index contributed by atoms with van der Waals surface area (Å²) in [4.78, 5) is 0. The van der Waals surface area contributed by atoms with Gasteiger partial charge >= 0.3 is 0 Å². The maximum absolute atomic E-state index is 13.8. The van der Waals surface area contributed by atoms with Crippen LogP contribution in [-0.4, -0.2) is 0 Å². The molecule has 0 aliphatic carbocycles. The lowest BCUT2D eigenvalue weighted by atomic mass is 9.95. The molecular formula is C11H12ClF. The van der Waals surface area contributed by atoms with Gasteiger partial charge in [-0.15, -0.1) is 6.58 Å². The van der Waals surface area contributed by atoms with E-state index in [9.17, 15) is 4.39 Å². The molecule has 0 nitrogen and oxygen atoms in total. The molecule has 0 N–H and O–H groups in total. The number of alkyl halides is 1. The van der Waals surface area contributed by atoms with Crippen LogP contribution in [0.1, 0.15) is 18.9 Å². The second kappa shape index (κ2) is 3.93. The molecule has 0 bridgehead atoms. The molecule has 0 heterocycles. The molecular weight excluding hydrogens is 187 g/mol. The van der Waals surface area contributed by atoms with Gasteiger partial charge in [-0.3, -0.25) is 0 Å². The molecule has 0 fully saturated rings. The maximum atomic E-state index is 13.8. The van der Waals surface area contributed by atoms with Crippen molar-refractivity contribution < 1.29 is 4.39 Å². The highest BCUT2D eigenvalue weighted by molar-refractivity contribution is 6.30.